The molecule has 0 aliphatic rings. The number of carbonyl (C=O) groups excluding carboxylic acids is 2. The Balaban J connectivity index is 2.03. The molecule has 0 aliphatic heterocycles. The van der Waals surface area contributed by atoms with Crippen LogP contribution < -0.4 is 15.8 Å². The number of halogens is 1. The van der Waals surface area contributed by atoms with E-state index in [1.807, 2.05) is 24.3 Å². The Bertz CT molecular complexity index is 744. The standard InChI is InChI=1S/C18H19FN2O3/c1-11(9-12-3-6-14(24-2)7-4-12)18(23)21-13-5-8-16(19)15(10-13)17(20)22/h3-8,10-11H,9H2,1-2H3,(H2,20,22)(H,21,23)/t11-/m1/s1. The molecule has 0 fully saturated rings. The largest absolute Gasteiger partial charge is 0.497 e. The topological polar surface area (TPSA) is 81.4 Å². The Morgan fingerprint density at radius 1 is 1.21 bits per heavy atom. The van der Waals surface area contributed by atoms with Crippen molar-refractivity contribution in [2.45, 2.75) is 13.3 Å². The fourth-order valence-electron chi connectivity index (χ4n) is 2.27. The molecular weight excluding hydrogens is 311 g/mol. The third-order valence-corrected chi connectivity index (χ3v) is 3.65. The summed E-state index contributed by atoms with van der Waals surface area (Å²) in [6.07, 6.45) is 0.541. The number of nitrogens with two attached hydrogens (primary N) is 1. The minimum Gasteiger partial charge on any atom is -0.497 e. The zero-order valence-electron chi connectivity index (χ0n) is 13.5. The number of nitrogens with one attached hydrogen (secondary N) is 1. The predicted octanol–water partition coefficient (Wildman–Crippen LogP) is 2.75. The van der Waals surface area contributed by atoms with E-state index in [0.717, 1.165) is 17.4 Å². The molecule has 0 aromatic heterocycles. The molecule has 2 aromatic carbocycles. The highest BCUT2D eigenvalue weighted by Crippen LogP contribution is 2.18. The monoisotopic (exact) mass is 330 g/mol. The average molecular weight is 330 g/mol. The van der Waals surface area contributed by atoms with Crippen molar-refractivity contribution in [1.29, 1.82) is 0 Å². The first-order valence-electron chi connectivity index (χ1n) is 7.44. The highest BCUT2D eigenvalue weighted by molar-refractivity contribution is 5.97. The molecule has 0 heterocycles. The van der Waals surface area contributed by atoms with Crippen LogP contribution in [0.15, 0.2) is 42.5 Å². The summed E-state index contributed by atoms with van der Waals surface area (Å²) in [5.74, 6) is -1.38. The van der Waals surface area contributed by atoms with Crippen LogP contribution in [0, 0.1) is 11.7 Å². The van der Waals surface area contributed by atoms with Crippen molar-refractivity contribution in [1.82, 2.24) is 0 Å². The molecule has 126 valence electrons. The van der Waals surface area contributed by atoms with Crippen molar-refractivity contribution in [3.63, 3.8) is 0 Å². The lowest BCUT2D eigenvalue weighted by atomic mass is 10.00. The summed E-state index contributed by atoms with van der Waals surface area (Å²) < 4.78 is 18.5. The maximum atomic E-state index is 13.4. The molecule has 0 aliphatic carbocycles. The third kappa shape index (κ3) is 4.32. The summed E-state index contributed by atoms with van der Waals surface area (Å²) in [4.78, 5) is 23.4. The number of carbonyl (C=O) groups is 2. The van der Waals surface area contributed by atoms with Crippen molar-refractivity contribution in [3.8, 4) is 5.75 Å². The van der Waals surface area contributed by atoms with Crippen molar-refractivity contribution >= 4 is 17.5 Å². The quantitative estimate of drug-likeness (QED) is 0.854. The van der Waals surface area contributed by atoms with Crippen LogP contribution >= 0.6 is 0 Å². The van der Waals surface area contributed by atoms with Gasteiger partial charge in [-0.25, -0.2) is 4.39 Å². The van der Waals surface area contributed by atoms with Crippen LogP contribution in [0.1, 0.15) is 22.8 Å². The van der Waals surface area contributed by atoms with E-state index >= 15 is 0 Å². The Morgan fingerprint density at radius 3 is 2.46 bits per heavy atom. The Hall–Kier alpha value is -2.89. The summed E-state index contributed by atoms with van der Waals surface area (Å²) in [6, 6.07) is 11.2. The minimum absolute atomic E-state index is 0.229. The fraction of sp³-hybridized carbons (Fsp3) is 0.222. The summed E-state index contributed by atoms with van der Waals surface area (Å²) in [7, 11) is 1.59. The van der Waals surface area contributed by atoms with E-state index in [1.165, 1.54) is 12.1 Å². The van der Waals surface area contributed by atoms with Gasteiger partial charge in [0.25, 0.3) is 5.91 Å². The second-order valence-corrected chi connectivity index (χ2v) is 5.50. The molecule has 2 rings (SSSR count). The van der Waals surface area contributed by atoms with Crippen molar-refractivity contribution in [2.24, 2.45) is 11.7 Å². The van der Waals surface area contributed by atoms with Crippen molar-refractivity contribution in [2.75, 3.05) is 12.4 Å². The van der Waals surface area contributed by atoms with E-state index in [2.05, 4.69) is 5.32 Å². The third-order valence-electron chi connectivity index (χ3n) is 3.65. The highest BCUT2D eigenvalue weighted by Gasteiger charge is 2.16. The number of benzene rings is 2. The molecule has 5 nitrogen and oxygen atoms in total. The maximum absolute atomic E-state index is 13.4. The Kier molecular flexibility index (Phi) is 5.52. The number of methoxy groups -OCH3 is 1. The molecule has 0 radical (unpaired) electrons. The summed E-state index contributed by atoms with van der Waals surface area (Å²) in [5.41, 5.74) is 6.17. The van der Waals surface area contributed by atoms with Crippen LogP contribution in [-0.4, -0.2) is 18.9 Å². The van der Waals surface area contributed by atoms with Gasteiger partial charge in [0.1, 0.15) is 11.6 Å². The van der Waals surface area contributed by atoms with Crippen LogP contribution in [-0.2, 0) is 11.2 Å². The summed E-state index contributed by atoms with van der Waals surface area (Å²) in [6.45, 7) is 1.79. The minimum atomic E-state index is -0.880. The van der Waals surface area contributed by atoms with E-state index in [-0.39, 0.29) is 17.4 Å². The zero-order chi connectivity index (χ0) is 17.7. The lowest BCUT2D eigenvalue weighted by Gasteiger charge is -2.13. The van der Waals surface area contributed by atoms with E-state index in [1.54, 1.807) is 14.0 Å². The highest BCUT2D eigenvalue weighted by atomic mass is 19.1. The van der Waals surface area contributed by atoms with Crippen LogP contribution in [0.4, 0.5) is 10.1 Å². The molecule has 0 saturated heterocycles. The average Bonchev–Trinajstić information content (AvgIpc) is 2.57. The second kappa shape index (κ2) is 7.59. The molecule has 1 atom stereocenters. The summed E-state index contributed by atoms with van der Waals surface area (Å²) in [5, 5.41) is 2.67. The first-order valence-corrected chi connectivity index (χ1v) is 7.44. The van der Waals surface area contributed by atoms with Gasteiger partial charge in [-0.2, -0.15) is 0 Å². The Morgan fingerprint density at radius 2 is 1.88 bits per heavy atom. The van der Waals surface area contributed by atoms with Gasteiger partial charge in [0.15, 0.2) is 0 Å². The molecule has 24 heavy (non-hydrogen) atoms. The van der Waals surface area contributed by atoms with Crippen molar-refractivity contribution < 1.29 is 18.7 Å². The first kappa shape index (κ1) is 17.5. The zero-order valence-corrected chi connectivity index (χ0v) is 13.5. The van der Waals surface area contributed by atoms with Crippen LogP contribution in [0.2, 0.25) is 0 Å². The number of anilines is 1. The molecule has 0 unspecified atom stereocenters. The number of amides is 2. The number of primary amides is 1. The molecule has 0 spiro atoms. The van der Waals surface area contributed by atoms with E-state index in [4.69, 9.17) is 10.5 Å². The van der Waals surface area contributed by atoms with Gasteiger partial charge in [-0.05, 0) is 42.3 Å². The molecule has 2 amide bonds. The number of hydrogen-bond acceptors (Lipinski definition) is 3. The number of hydrogen-bond donors (Lipinski definition) is 2. The molecule has 0 bridgehead atoms. The molecular formula is C18H19FN2O3. The SMILES string of the molecule is COc1ccc(C[C@@H](C)C(=O)Nc2ccc(F)c(C(N)=O)c2)cc1. The van der Waals surface area contributed by atoms with Gasteiger partial charge in [0, 0.05) is 11.6 Å². The number of rotatable bonds is 6. The van der Waals surface area contributed by atoms with Crippen LogP contribution in [0.5, 0.6) is 5.75 Å². The van der Waals surface area contributed by atoms with Gasteiger partial charge in [0.2, 0.25) is 5.91 Å². The molecule has 6 heteroatoms. The number of ether oxygens (including phenoxy) is 1. The molecule has 2 aromatic rings. The van der Waals surface area contributed by atoms with Crippen molar-refractivity contribution in [3.05, 3.63) is 59.4 Å². The second-order valence-electron chi connectivity index (χ2n) is 5.50. The van der Waals surface area contributed by atoms with Gasteiger partial charge >= 0.3 is 0 Å². The van der Waals surface area contributed by atoms with Crippen LogP contribution in [0.3, 0.4) is 0 Å². The van der Waals surface area contributed by atoms with Gasteiger partial charge in [0.05, 0.1) is 12.7 Å². The molecule has 3 N–H and O–H groups in total. The van der Waals surface area contributed by atoms with E-state index in [0.29, 0.717) is 12.1 Å². The normalized spacial score (nSPS) is 11.6. The van der Waals surface area contributed by atoms with Gasteiger partial charge in [-0.1, -0.05) is 19.1 Å². The fourth-order valence-corrected chi connectivity index (χ4v) is 2.27. The van der Waals surface area contributed by atoms with E-state index in [9.17, 15) is 14.0 Å². The predicted molar refractivity (Wildman–Crippen MR) is 89.4 cm³/mol. The Labute approximate surface area is 139 Å². The molecule has 0 saturated carbocycles. The lowest BCUT2D eigenvalue weighted by Crippen LogP contribution is -2.22. The van der Waals surface area contributed by atoms with Gasteiger partial charge in [-0.15, -0.1) is 0 Å². The first-order chi connectivity index (χ1) is 11.4. The summed E-state index contributed by atoms with van der Waals surface area (Å²) >= 11 is 0. The van der Waals surface area contributed by atoms with Gasteiger partial charge < -0.3 is 15.8 Å². The maximum Gasteiger partial charge on any atom is 0.251 e. The van der Waals surface area contributed by atoms with Gasteiger partial charge in [-0.3, -0.25) is 9.59 Å². The van der Waals surface area contributed by atoms with Crippen LogP contribution in [0.25, 0.3) is 0 Å². The lowest BCUT2D eigenvalue weighted by molar-refractivity contribution is -0.119. The smallest absolute Gasteiger partial charge is 0.251 e. The van der Waals surface area contributed by atoms with E-state index < -0.39 is 11.7 Å².